The van der Waals surface area contributed by atoms with Crippen molar-refractivity contribution < 1.29 is 29.1 Å². The number of rotatable bonds is 6. The largest absolute Gasteiger partial charge is 0.385 e. The van der Waals surface area contributed by atoms with E-state index in [9.17, 15) is 19.5 Å². The molecule has 0 bridgehead atoms. The van der Waals surface area contributed by atoms with Crippen LogP contribution in [0.2, 0.25) is 0 Å². The molecule has 0 radical (unpaired) electrons. The minimum atomic E-state index is -3.00. The molecule has 5 atom stereocenters. The molecular formula is C21H30N2O4. The summed E-state index contributed by atoms with van der Waals surface area (Å²) in [7, 11) is 1.33. The number of hydrogen-bond acceptors (Lipinski definition) is 4. The highest BCUT2D eigenvalue weighted by Crippen LogP contribution is 2.27. The van der Waals surface area contributed by atoms with Crippen LogP contribution in [-0.4, -0.2) is 46.8 Å². The maximum atomic E-state index is 13.2. The number of aliphatic hydroxyl groups excluding tert-OH is 1. The molecule has 2 rings (SSSR count). The second kappa shape index (κ2) is 8.65. The first-order valence-electron chi connectivity index (χ1n) is 12.1. The van der Waals surface area contributed by atoms with E-state index in [1.54, 1.807) is 18.2 Å². The van der Waals surface area contributed by atoms with E-state index in [0.29, 0.717) is 5.56 Å². The third-order valence-corrected chi connectivity index (χ3v) is 4.60. The molecule has 1 heterocycles. The normalized spacial score (nSPS) is 35.1. The number of aliphatic hydroxyl groups is 1. The van der Waals surface area contributed by atoms with Crippen LogP contribution in [0, 0.1) is 11.8 Å². The van der Waals surface area contributed by atoms with Crippen LogP contribution in [0.15, 0.2) is 24.3 Å². The number of benzene rings is 1. The van der Waals surface area contributed by atoms with Crippen molar-refractivity contribution in [2.75, 3.05) is 7.05 Å². The Morgan fingerprint density at radius 2 is 2.11 bits per heavy atom. The highest BCUT2D eigenvalue weighted by molar-refractivity contribution is 5.93. The molecule has 1 aliphatic heterocycles. The van der Waals surface area contributed by atoms with Crippen LogP contribution < -0.4 is 5.32 Å². The second-order valence-electron chi connectivity index (χ2n) is 6.77. The van der Waals surface area contributed by atoms with E-state index in [1.165, 1.54) is 20.0 Å². The first kappa shape index (κ1) is 13.0. The fraction of sp³-hybridized carbons (Fsp3) is 0.571. The van der Waals surface area contributed by atoms with Crippen molar-refractivity contribution in [2.45, 2.75) is 58.6 Å². The number of nitrogens with one attached hydrogen (secondary N) is 1. The lowest BCUT2D eigenvalue weighted by atomic mass is 9.94. The van der Waals surface area contributed by atoms with Gasteiger partial charge in [-0.1, -0.05) is 45.0 Å². The number of carbonyl (C=O) groups excluding carboxylic acids is 3. The van der Waals surface area contributed by atoms with Crippen molar-refractivity contribution in [3.63, 3.8) is 0 Å². The van der Waals surface area contributed by atoms with Crippen LogP contribution in [0.25, 0.3) is 0 Å². The summed E-state index contributed by atoms with van der Waals surface area (Å²) in [4.78, 5) is 39.8. The summed E-state index contributed by atoms with van der Waals surface area (Å²) in [5.74, 6) is -8.17. The smallest absolute Gasteiger partial charge is 0.249 e. The number of hydrogen-bond donors (Lipinski definition) is 2. The predicted octanol–water partition coefficient (Wildman–Crippen LogP) is 1.86. The van der Waals surface area contributed by atoms with E-state index in [1.807, 2.05) is 0 Å². The molecule has 1 aromatic rings. The lowest BCUT2D eigenvalue weighted by Gasteiger charge is -2.26. The molecule has 0 aliphatic carbocycles. The Hall–Kier alpha value is -2.21. The van der Waals surface area contributed by atoms with Crippen LogP contribution in [0.4, 0.5) is 0 Å². The molecule has 148 valence electrons. The molecule has 0 spiro atoms. The molecule has 6 nitrogen and oxygen atoms in total. The van der Waals surface area contributed by atoms with Crippen LogP contribution in [-0.2, 0) is 20.8 Å². The number of ketones is 1. The predicted molar refractivity (Wildman–Crippen MR) is 103 cm³/mol. The van der Waals surface area contributed by atoms with Crippen molar-refractivity contribution in [2.24, 2.45) is 11.8 Å². The molecule has 0 fully saturated rings. The van der Waals surface area contributed by atoms with Crippen LogP contribution in [0.3, 0.4) is 0 Å². The van der Waals surface area contributed by atoms with Gasteiger partial charge in [0.15, 0.2) is 5.78 Å². The number of Topliss-reactive ketones (excluding diaryl/α,β-unsaturated/α-hetero) is 1. The van der Waals surface area contributed by atoms with Crippen molar-refractivity contribution in [3.8, 4) is 0 Å². The fourth-order valence-electron chi connectivity index (χ4n) is 2.79. The number of likely N-dealkylation sites (N-methyl/N-ethyl adjacent to an activating group) is 1. The molecule has 0 saturated heterocycles. The minimum absolute atomic E-state index is 0.0853. The third kappa shape index (κ3) is 4.75. The number of nitrogens with zero attached hydrogens (tertiary/aromatic N) is 1. The van der Waals surface area contributed by atoms with Gasteiger partial charge in [-0.2, -0.15) is 0 Å². The van der Waals surface area contributed by atoms with Crippen LogP contribution in [0.5, 0.6) is 0 Å². The Morgan fingerprint density at radius 3 is 2.78 bits per heavy atom. The van der Waals surface area contributed by atoms with Gasteiger partial charge >= 0.3 is 0 Å². The summed E-state index contributed by atoms with van der Waals surface area (Å²) in [6, 6.07) is 2.52. The summed E-state index contributed by atoms with van der Waals surface area (Å²) < 4.78 is 55.7. The Kier molecular flexibility index (Phi) is 4.18. The fourth-order valence-corrected chi connectivity index (χ4v) is 2.79. The van der Waals surface area contributed by atoms with Gasteiger partial charge in [-0.15, -0.1) is 0 Å². The maximum absolute atomic E-state index is 13.2. The molecule has 0 aromatic heterocycles. The van der Waals surface area contributed by atoms with Crippen LogP contribution in [0.1, 0.15) is 60.8 Å². The molecule has 2 amide bonds. The van der Waals surface area contributed by atoms with Gasteiger partial charge in [0.1, 0.15) is 12.1 Å². The van der Waals surface area contributed by atoms with Crippen molar-refractivity contribution in [1.82, 2.24) is 10.2 Å². The standard InChI is InChI=1S/C21H30N2O4/c1-12(2)19(25)17(24)10-13(3)20(26)22-18-16-9-7-6-8-15(16)11-14(4)23(5)21(18)27/h6-9,12-14,18-19,25H,10-11H2,1-5H3,(H,22,26)/t13-,14?,18+,19+/m1/s1/i1D3,12D,13D,14D,18D/t12?,13-,14?,18+,19+. The Balaban J connectivity index is 2.37. The summed E-state index contributed by atoms with van der Waals surface area (Å²) in [5.41, 5.74) is 0.605. The highest BCUT2D eigenvalue weighted by Gasteiger charge is 2.34. The monoisotopic (exact) mass is 381 g/mol. The zero-order valence-electron chi connectivity index (χ0n) is 22.9. The lowest BCUT2D eigenvalue weighted by molar-refractivity contribution is -0.138. The van der Waals surface area contributed by atoms with Gasteiger partial charge in [0.05, 0.1) is 2.74 Å². The van der Waals surface area contributed by atoms with Crippen molar-refractivity contribution in [1.29, 1.82) is 0 Å². The Labute approximate surface area is 170 Å². The Bertz CT molecular complexity index is 994. The number of carbonyl (C=O) groups is 3. The summed E-state index contributed by atoms with van der Waals surface area (Å²) in [6.07, 6.45) is -3.16. The van der Waals surface area contributed by atoms with Gasteiger partial charge < -0.3 is 15.3 Å². The molecule has 2 N–H and O–H groups in total. The molecule has 1 aliphatic rings. The van der Waals surface area contributed by atoms with E-state index in [-0.39, 0.29) is 12.0 Å². The molecule has 2 unspecified atom stereocenters. The molecular weight excluding hydrogens is 344 g/mol. The minimum Gasteiger partial charge on any atom is -0.385 e. The first-order valence-corrected chi connectivity index (χ1v) is 8.58. The van der Waals surface area contributed by atoms with E-state index in [4.69, 9.17) is 9.60 Å². The van der Waals surface area contributed by atoms with Gasteiger partial charge in [0, 0.05) is 32.2 Å². The lowest BCUT2D eigenvalue weighted by Crippen LogP contribution is -2.44. The maximum Gasteiger partial charge on any atom is 0.249 e. The third-order valence-electron chi connectivity index (χ3n) is 4.60. The van der Waals surface area contributed by atoms with E-state index >= 15 is 0 Å². The average Bonchev–Trinajstić information content (AvgIpc) is 2.75. The zero-order chi connectivity index (χ0) is 26.5. The average molecular weight is 382 g/mol. The first-order chi connectivity index (χ1) is 15.2. The summed E-state index contributed by atoms with van der Waals surface area (Å²) in [6.45, 7) is 0.376. The topological polar surface area (TPSA) is 86.7 Å². The van der Waals surface area contributed by atoms with Gasteiger partial charge in [-0.05, 0) is 30.4 Å². The molecule has 0 saturated carbocycles. The second-order valence-corrected chi connectivity index (χ2v) is 6.77. The van der Waals surface area contributed by atoms with Crippen molar-refractivity contribution >= 4 is 17.6 Å². The van der Waals surface area contributed by atoms with Gasteiger partial charge in [0.2, 0.25) is 11.8 Å². The summed E-state index contributed by atoms with van der Waals surface area (Å²) in [5, 5.41) is 12.4. The van der Waals surface area contributed by atoms with Crippen molar-refractivity contribution in [3.05, 3.63) is 35.4 Å². The number of amides is 2. The van der Waals surface area contributed by atoms with Gasteiger partial charge in [-0.3, -0.25) is 14.4 Å². The quantitative estimate of drug-likeness (QED) is 0.787. The van der Waals surface area contributed by atoms with Gasteiger partial charge in [-0.25, -0.2) is 0 Å². The molecule has 1 aromatic carbocycles. The highest BCUT2D eigenvalue weighted by atomic mass is 16.3. The van der Waals surface area contributed by atoms with Gasteiger partial charge in [0.25, 0.3) is 0 Å². The summed E-state index contributed by atoms with van der Waals surface area (Å²) >= 11 is 0. The van der Waals surface area contributed by atoms with E-state index < -0.39 is 60.8 Å². The van der Waals surface area contributed by atoms with E-state index in [2.05, 4.69) is 5.32 Å². The SMILES string of the molecule is [2H]C1(C)Cc2ccccc2[C@]([2H])(NC(=O)[C@]([2H])(C)CC(=O)[C@@H](O)C([2H])(C)C([2H])([2H])[2H])C(=O)N1C. The molecule has 27 heavy (non-hydrogen) atoms. The molecule has 6 heteroatoms. The zero-order valence-corrected chi connectivity index (χ0v) is 15.9. The van der Waals surface area contributed by atoms with E-state index in [0.717, 1.165) is 18.7 Å². The van der Waals surface area contributed by atoms with Crippen LogP contribution >= 0.6 is 0 Å². The Morgan fingerprint density at radius 1 is 1.44 bits per heavy atom. The number of fused-ring (bicyclic) bond motifs is 1.